The molecule has 0 saturated heterocycles. The molecule has 0 bridgehead atoms. The molecule has 0 aliphatic carbocycles. The number of nitrogen functional groups attached to an aromatic ring is 1. The van der Waals surface area contributed by atoms with Crippen LogP contribution in [0.15, 0.2) is 16.0 Å². The van der Waals surface area contributed by atoms with Crippen molar-refractivity contribution in [3.63, 3.8) is 0 Å². The second kappa shape index (κ2) is 5.89. The summed E-state index contributed by atoms with van der Waals surface area (Å²) >= 11 is 2.67. The van der Waals surface area contributed by atoms with Gasteiger partial charge in [-0.05, 0) is 26.3 Å². The molecule has 23 heavy (non-hydrogen) atoms. The van der Waals surface area contributed by atoms with Gasteiger partial charge in [0.05, 0.1) is 16.8 Å². The molecule has 0 radical (unpaired) electrons. The number of thioether (sulfide) groups is 1. The van der Waals surface area contributed by atoms with Gasteiger partial charge in [0.15, 0.2) is 5.82 Å². The van der Waals surface area contributed by atoms with Gasteiger partial charge in [0.25, 0.3) is 0 Å². The quantitative estimate of drug-likeness (QED) is 0.556. The van der Waals surface area contributed by atoms with Crippen molar-refractivity contribution in [3.8, 4) is 0 Å². The molecule has 0 aliphatic rings. The first-order valence-electron chi connectivity index (χ1n) is 6.81. The number of hydrogen-bond donors (Lipinski definition) is 2. The molecule has 6 nitrogen and oxygen atoms in total. The highest BCUT2D eigenvalue weighted by atomic mass is 32.2. The third kappa shape index (κ3) is 2.93. The van der Waals surface area contributed by atoms with Gasteiger partial charge in [-0.1, -0.05) is 11.8 Å². The van der Waals surface area contributed by atoms with E-state index in [9.17, 15) is 9.18 Å². The number of nitrogens with zero attached hydrogens (tertiary/aromatic N) is 3. The van der Waals surface area contributed by atoms with Crippen molar-refractivity contribution in [2.75, 3.05) is 5.73 Å². The van der Waals surface area contributed by atoms with Crippen molar-refractivity contribution in [2.24, 2.45) is 0 Å². The second-order valence-electron chi connectivity index (χ2n) is 5.06. The molecule has 3 heterocycles. The Morgan fingerprint density at radius 3 is 2.87 bits per heavy atom. The highest BCUT2D eigenvalue weighted by molar-refractivity contribution is 7.99. The molecule has 9 heteroatoms. The smallest absolute Gasteiger partial charge is 0.345 e. The monoisotopic (exact) mass is 351 g/mol. The first-order valence-corrected chi connectivity index (χ1v) is 8.51. The Hall–Kier alpha value is -2.00. The van der Waals surface area contributed by atoms with Gasteiger partial charge in [-0.15, -0.1) is 11.3 Å². The summed E-state index contributed by atoms with van der Waals surface area (Å²) in [5, 5.41) is 0.701. The van der Waals surface area contributed by atoms with Crippen LogP contribution < -0.4 is 11.4 Å². The standard InChI is InChI=1S/C14H14FN5OS2/c1-5-6(2)22-13-9(5)10(16)18-11(19-13)7(3)23-12-8(15)4-17-14(21)20-12/h4,7H,1-3H3,(H2,16,18,19)(H,17,20,21). The molecule has 3 aromatic rings. The first-order chi connectivity index (χ1) is 10.9. The number of nitrogens with one attached hydrogen (secondary N) is 1. The number of halogens is 1. The fourth-order valence-corrected chi connectivity index (χ4v) is 4.08. The summed E-state index contributed by atoms with van der Waals surface area (Å²) in [4.78, 5) is 27.8. The van der Waals surface area contributed by atoms with E-state index in [1.807, 2.05) is 20.8 Å². The van der Waals surface area contributed by atoms with E-state index in [0.29, 0.717) is 11.6 Å². The van der Waals surface area contributed by atoms with Gasteiger partial charge in [-0.3, -0.25) is 4.98 Å². The number of aromatic amines is 1. The number of rotatable bonds is 3. The van der Waals surface area contributed by atoms with Crippen LogP contribution in [0.4, 0.5) is 10.2 Å². The third-order valence-corrected chi connectivity index (χ3v) is 5.66. The maximum Gasteiger partial charge on any atom is 0.345 e. The van der Waals surface area contributed by atoms with E-state index in [1.54, 1.807) is 11.3 Å². The van der Waals surface area contributed by atoms with Crippen molar-refractivity contribution >= 4 is 39.1 Å². The van der Waals surface area contributed by atoms with Gasteiger partial charge in [-0.25, -0.2) is 19.2 Å². The topological polar surface area (TPSA) is 97.5 Å². The zero-order valence-corrected chi connectivity index (χ0v) is 14.3. The van der Waals surface area contributed by atoms with Crippen molar-refractivity contribution in [1.29, 1.82) is 0 Å². The van der Waals surface area contributed by atoms with E-state index in [2.05, 4.69) is 19.9 Å². The first kappa shape index (κ1) is 15.9. The molecule has 1 atom stereocenters. The van der Waals surface area contributed by atoms with Crippen LogP contribution in [-0.4, -0.2) is 19.9 Å². The lowest BCUT2D eigenvalue weighted by molar-refractivity contribution is 0.574. The minimum atomic E-state index is -0.596. The Labute approximate surface area is 139 Å². The molecule has 0 spiro atoms. The lowest BCUT2D eigenvalue weighted by atomic mass is 10.2. The molecule has 0 aliphatic heterocycles. The molecule has 3 rings (SSSR count). The number of hydrogen-bond acceptors (Lipinski definition) is 7. The molecular formula is C14H14FN5OS2. The predicted octanol–water partition coefficient (Wildman–Crippen LogP) is 2.97. The third-order valence-electron chi connectivity index (χ3n) is 3.46. The van der Waals surface area contributed by atoms with Crippen LogP contribution in [0, 0.1) is 19.7 Å². The van der Waals surface area contributed by atoms with Crippen LogP contribution in [0.3, 0.4) is 0 Å². The van der Waals surface area contributed by atoms with Gasteiger partial charge in [0, 0.05) is 4.88 Å². The van der Waals surface area contributed by atoms with Crippen molar-refractivity contribution in [3.05, 3.63) is 38.8 Å². The average Bonchev–Trinajstić information content (AvgIpc) is 2.78. The summed E-state index contributed by atoms with van der Waals surface area (Å²) < 4.78 is 13.7. The van der Waals surface area contributed by atoms with Gasteiger partial charge in [0.2, 0.25) is 0 Å². The zero-order valence-electron chi connectivity index (χ0n) is 12.7. The van der Waals surface area contributed by atoms with E-state index in [0.717, 1.165) is 38.6 Å². The van der Waals surface area contributed by atoms with Gasteiger partial charge >= 0.3 is 5.69 Å². The average molecular weight is 351 g/mol. The van der Waals surface area contributed by atoms with Crippen LogP contribution in [0.2, 0.25) is 0 Å². The Balaban J connectivity index is 1.99. The van der Waals surface area contributed by atoms with Crippen molar-refractivity contribution in [2.45, 2.75) is 31.0 Å². The molecular weight excluding hydrogens is 337 g/mol. The van der Waals surface area contributed by atoms with Gasteiger partial charge in [-0.2, -0.15) is 4.98 Å². The highest BCUT2D eigenvalue weighted by Crippen LogP contribution is 2.37. The number of nitrogens with two attached hydrogens (primary N) is 1. The molecule has 0 amide bonds. The lowest BCUT2D eigenvalue weighted by Gasteiger charge is -2.11. The molecule has 0 saturated carbocycles. The number of fused-ring (bicyclic) bond motifs is 1. The minimum Gasteiger partial charge on any atom is -0.383 e. The van der Waals surface area contributed by atoms with Crippen LogP contribution >= 0.6 is 23.1 Å². The lowest BCUT2D eigenvalue weighted by Crippen LogP contribution is -2.12. The molecule has 0 fully saturated rings. The fourth-order valence-electron chi connectivity index (χ4n) is 2.16. The normalized spacial score (nSPS) is 12.7. The van der Waals surface area contributed by atoms with Crippen LogP contribution in [-0.2, 0) is 0 Å². The fraction of sp³-hybridized carbons (Fsp3) is 0.286. The van der Waals surface area contributed by atoms with Crippen LogP contribution in [0.1, 0.15) is 28.4 Å². The summed E-state index contributed by atoms with van der Waals surface area (Å²) in [5.41, 5.74) is 6.55. The zero-order chi connectivity index (χ0) is 16.7. The van der Waals surface area contributed by atoms with Gasteiger partial charge in [0.1, 0.15) is 21.5 Å². The van der Waals surface area contributed by atoms with E-state index >= 15 is 0 Å². The maximum absolute atomic E-state index is 13.7. The van der Waals surface area contributed by atoms with Crippen molar-refractivity contribution < 1.29 is 4.39 Å². The number of H-pyrrole nitrogens is 1. The predicted molar refractivity (Wildman–Crippen MR) is 90.4 cm³/mol. The van der Waals surface area contributed by atoms with Gasteiger partial charge < -0.3 is 5.73 Å². The van der Waals surface area contributed by atoms with E-state index in [4.69, 9.17) is 5.73 Å². The van der Waals surface area contributed by atoms with E-state index in [1.165, 1.54) is 0 Å². The Bertz CT molecular complexity index is 952. The molecule has 3 N–H and O–H groups in total. The Morgan fingerprint density at radius 2 is 2.13 bits per heavy atom. The highest BCUT2D eigenvalue weighted by Gasteiger charge is 2.18. The minimum absolute atomic E-state index is 0.110. The number of aromatic nitrogens is 4. The number of anilines is 1. The SMILES string of the molecule is Cc1sc2nc(C(C)Sc3[nH]c(=O)ncc3F)nc(N)c2c1C. The summed E-state index contributed by atoms with van der Waals surface area (Å²) in [6.45, 7) is 5.83. The summed E-state index contributed by atoms with van der Waals surface area (Å²) in [6.07, 6.45) is 0.901. The largest absolute Gasteiger partial charge is 0.383 e. The summed E-state index contributed by atoms with van der Waals surface area (Å²) in [6, 6.07) is 0. The van der Waals surface area contributed by atoms with E-state index in [-0.39, 0.29) is 10.3 Å². The maximum atomic E-state index is 13.7. The molecule has 1 unspecified atom stereocenters. The second-order valence-corrected chi connectivity index (χ2v) is 7.61. The van der Waals surface area contributed by atoms with E-state index < -0.39 is 11.5 Å². The molecule has 120 valence electrons. The Kier molecular flexibility index (Phi) is 4.07. The van der Waals surface area contributed by atoms with Crippen molar-refractivity contribution in [1.82, 2.24) is 19.9 Å². The number of aryl methyl sites for hydroxylation is 2. The summed E-state index contributed by atoms with van der Waals surface area (Å²) in [5.74, 6) is 0.333. The van der Waals surface area contributed by atoms with Crippen LogP contribution in [0.25, 0.3) is 10.2 Å². The molecule has 0 aromatic carbocycles. The Morgan fingerprint density at radius 1 is 1.39 bits per heavy atom. The summed E-state index contributed by atoms with van der Waals surface area (Å²) in [7, 11) is 0. The molecule has 3 aromatic heterocycles. The van der Waals surface area contributed by atoms with Crippen LogP contribution in [0.5, 0.6) is 0 Å². The number of thiophene rings is 1.